The van der Waals surface area contributed by atoms with Gasteiger partial charge in [0.2, 0.25) is 11.1 Å². The SMILES string of the molecule is Cc1cc(=O)c(C(=O)OCc2ccc(Br)cc2)nn1-c1ccc(Cl)cc1. The molecule has 0 radical (unpaired) electrons. The van der Waals surface area contributed by atoms with Crippen LogP contribution in [0.15, 0.2) is 63.9 Å². The van der Waals surface area contributed by atoms with Crippen LogP contribution >= 0.6 is 27.5 Å². The van der Waals surface area contributed by atoms with Crippen LogP contribution in [-0.4, -0.2) is 15.7 Å². The van der Waals surface area contributed by atoms with Crippen LogP contribution in [0.1, 0.15) is 21.7 Å². The Kier molecular flexibility index (Phi) is 5.54. The normalized spacial score (nSPS) is 10.6. The summed E-state index contributed by atoms with van der Waals surface area (Å²) in [7, 11) is 0. The second kappa shape index (κ2) is 7.85. The van der Waals surface area contributed by atoms with Crippen molar-refractivity contribution in [1.29, 1.82) is 0 Å². The third-order valence-electron chi connectivity index (χ3n) is 3.66. The molecule has 7 heteroatoms. The summed E-state index contributed by atoms with van der Waals surface area (Å²) in [6, 6.07) is 15.6. The van der Waals surface area contributed by atoms with E-state index < -0.39 is 11.4 Å². The molecule has 0 saturated carbocycles. The average Bonchev–Trinajstić information content (AvgIpc) is 2.62. The topological polar surface area (TPSA) is 61.2 Å². The zero-order chi connectivity index (χ0) is 18.7. The quantitative estimate of drug-likeness (QED) is 0.575. The summed E-state index contributed by atoms with van der Waals surface area (Å²) >= 11 is 9.24. The van der Waals surface area contributed by atoms with E-state index in [0.717, 1.165) is 10.0 Å². The number of hydrogen-bond acceptors (Lipinski definition) is 4. The maximum atomic E-state index is 12.3. The summed E-state index contributed by atoms with van der Waals surface area (Å²) in [6.07, 6.45) is 0. The second-order valence-corrected chi connectivity index (χ2v) is 6.94. The van der Waals surface area contributed by atoms with Gasteiger partial charge in [0.15, 0.2) is 0 Å². The molecular formula is C19H14BrClN2O3. The lowest BCUT2D eigenvalue weighted by molar-refractivity contribution is 0.0461. The molecule has 0 aliphatic carbocycles. The van der Waals surface area contributed by atoms with Crippen molar-refractivity contribution in [2.24, 2.45) is 0 Å². The van der Waals surface area contributed by atoms with E-state index in [9.17, 15) is 9.59 Å². The van der Waals surface area contributed by atoms with Crippen LogP contribution in [0.2, 0.25) is 5.02 Å². The number of nitrogens with zero attached hydrogens (tertiary/aromatic N) is 2. The number of ether oxygens (including phenoxy) is 1. The number of rotatable bonds is 4. The third kappa shape index (κ3) is 4.20. The molecule has 0 atom stereocenters. The molecule has 0 N–H and O–H groups in total. The van der Waals surface area contributed by atoms with E-state index in [4.69, 9.17) is 16.3 Å². The molecular weight excluding hydrogens is 420 g/mol. The highest BCUT2D eigenvalue weighted by molar-refractivity contribution is 9.10. The van der Waals surface area contributed by atoms with Gasteiger partial charge in [-0.3, -0.25) is 4.79 Å². The first-order valence-electron chi connectivity index (χ1n) is 7.72. The fraction of sp³-hybridized carbons (Fsp3) is 0.105. The van der Waals surface area contributed by atoms with Crippen molar-refractivity contribution in [2.75, 3.05) is 0 Å². The zero-order valence-electron chi connectivity index (χ0n) is 13.8. The van der Waals surface area contributed by atoms with Gasteiger partial charge in [-0.15, -0.1) is 0 Å². The smallest absolute Gasteiger partial charge is 0.363 e. The number of benzene rings is 2. The van der Waals surface area contributed by atoms with Crippen molar-refractivity contribution in [3.05, 3.63) is 91.3 Å². The summed E-state index contributed by atoms with van der Waals surface area (Å²) in [6.45, 7) is 1.79. The molecule has 0 amide bonds. The Labute approximate surface area is 163 Å². The summed E-state index contributed by atoms with van der Waals surface area (Å²) in [4.78, 5) is 24.5. The standard InChI is InChI=1S/C19H14BrClN2O3/c1-12-10-17(24)18(22-23(12)16-8-6-15(21)7-9-16)19(25)26-11-13-2-4-14(20)5-3-13/h2-10H,11H2,1H3. The molecule has 5 nitrogen and oxygen atoms in total. The van der Waals surface area contributed by atoms with Crippen LogP contribution < -0.4 is 5.43 Å². The molecule has 0 spiro atoms. The fourth-order valence-electron chi connectivity index (χ4n) is 2.33. The predicted molar refractivity (Wildman–Crippen MR) is 103 cm³/mol. The van der Waals surface area contributed by atoms with Crippen molar-refractivity contribution in [2.45, 2.75) is 13.5 Å². The van der Waals surface area contributed by atoms with E-state index >= 15 is 0 Å². The van der Waals surface area contributed by atoms with Crippen molar-refractivity contribution in [1.82, 2.24) is 9.78 Å². The van der Waals surface area contributed by atoms with Gasteiger partial charge in [0, 0.05) is 21.3 Å². The second-order valence-electron chi connectivity index (χ2n) is 5.59. The number of carbonyl (C=O) groups excluding carboxylic acids is 1. The Hall–Kier alpha value is -2.44. The van der Waals surface area contributed by atoms with Gasteiger partial charge in [-0.2, -0.15) is 5.10 Å². The Morgan fingerprint density at radius 2 is 1.81 bits per heavy atom. The fourth-order valence-corrected chi connectivity index (χ4v) is 2.72. The molecule has 1 heterocycles. The van der Waals surface area contributed by atoms with E-state index in [1.54, 1.807) is 31.2 Å². The first-order valence-corrected chi connectivity index (χ1v) is 8.89. The summed E-state index contributed by atoms with van der Waals surface area (Å²) in [5, 5.41) is 4.76. The molecule has 3 aromatic rings. The molecule has 2 aromatic carbocycles. The maximum absolute atomic E-state index is 12.3. The Morgan fingerprint density at radius 1 is 1.15 bits per heavy atom. The van der Waals surface area contributed by atoms with E-state index in [2.05, 4.69) is 21.0 Å². The molecule has 132 valence electrons. The highest BCUT2D eigenvalue weighted by Gasteiger charge is 2.17. The average molecular weight is 434 g/mol. The molecule has 1 aromatic heterocycles. The first-order chi connectivity index (χ1) is 12.4. The third-order valence-corrected chi connectivity index (χ3v) is 4.44. The van der Waals surface area contributed by atoms with Crippen molar-refractivity contribution < 1.29 is 9.53 Å². The van der Waals surface area contributed by atoms with Crippen molar-refractivity contribution >= 4 is 33.5 Å². The minimum absolute atomic E-state index is 0.0576. The molecule has 0 unspecified atom stereocenters. The van der Waals surface area contributed by atoms with Gasteiger partial charge in [-0.05, 0) is 48.9 Å². The van der Waals surface area contributed by atoms with Crippen LogP contribution in [-0.2, 0) is 11.3 Å². The molecule has 0 saturated heterocycles. The maximum Gasteiger partial charge on any atom is 0.363 e. The Bertz CT molecular complexity index is 999. The molecule has 0 aliphatic rings. The number of aromatic nitrogens is 2. The number of esters is 1. The summed E-state index contributed by atoms with van der Waals surface area (Å²) < 4.78 is 7.67. The first kappa shape index (κ1) is 18.4. The monoisotopic (exact) mass is 432 g/mol. The minimum atomic E-state index is -0.763. The number of halogens is 2. The highest BCUT2D eigenvalue weighted by Crippen LogP contribution is 2.14. The largest absolute Gasteiger partial charge is 0.456 e. The van der Waals surface area contributed by atoms with Gasteiger partial charge in [0.1, 0.15) is 6.61 Å². The van der Waals surface area contributed by atoms with E-state index in [-0.39, 0.29) is 12.3 Å². The lowest BCUT2D eigenvalue weighted by Crippen LogP contribution is -2.24. The van der Waals surface area contributed by atoms with Gasteiger partial charge in [0.05, 0.1) is 5.69 Å². The Balaban J connectivity index is 1.85. The van der Waals surface area contributed by atoms with E-state index in [1.165, 1.54) is 10.7 Å². The molecule has 0 fully saturated rings. The van der Waals surface area contributed by atoms with Gasteiger partial charge >= 0.3 is 5.97 Å². The lowest BCUT2D eigenvalue weighted by Gasteiger charge is -2.11. The molecule has 26 heavy (non-hydrogen) atoms. The van der Waals surface area contributed by atoms with Crippen molar-refractivity contribution in [3.63, 3.8) is 0 Å². The highest BCUT2D eigenvalue weighted by atomic mass is 79.9. The molecule has 0 aliphatic heterocycles. The van der Waals surface area contributed by atoms with Crippen molar-refractivity contribution in [3.8, 4) is 5.69 Å². The minimum Gasteiger partial charge on any atom is -0.456 e. The number of carbonyl (C=O) groups is 1. The number of hydrogen-bond donors (Lipinski definition) is 0. The van der Waals surface area contributed by atoms with E-state index in [0.29, 0.717) is 16.4 Å². The summed E-state index contributed by atoms with van der Waals surface area (Å²) in [5.41, 5.74) is 1.36. The zero-order valence-corrected chi connectivity index (χ0v) is 16.1. The summed E-state index contributed by atoms with van der Waals surface area (Å²) in [5.74, 6) is -0.763. The van der Waals surface area contributed by atoms with Crippen LogP contribution in [0.3, 0.4) is 0 Å². The van der Waals surface area contributed by atoms with Gasteiger partial charge in [-0.25, -0.2) is 9.48 Å². The number of aryl methyl sites for hydroxylation is 1. The van der Waals surface area contributed by atoms with Crippen LogP contribution in [0.5, 0.6) is 0 Å². The van der Waals surface area contributed by atoms with Gasteiger partial charge in [0.25, 0.3) is 0 Å². The van der Waals surface area contributed by atoms with Crippen LogP contribution in [0.25, 0.3) is 5.69 Å². The molecule has 3 rings (SSSR count). The van der Waals surface area contributed by atoms with E-state index in [1.807, 2.05) is 24.3 Å². The predicted octanol–water partition coefficient (Wildman–Crippen LogP) is 4.31. The van der Waals surface area contributed by atoms with Gasteiger partial charge < -0.3 is 4.74 Å². The molecule has 0 bridgehead atoms. The lowest BCUT2D eigenvalue weighted by atomic mass is 10.2. The Morgan fingerprint density at radius 3 is 2.46 bits per heavy atom. The van der Waals surface area contributed by atoms with Gasteiger partial charge in [-0.1, -0.05) is 39.7 Å². The van der Waals surface area contributed by atoms with Crippen LogP contribution in [0, 0.1) is 6.92 Å². The van der Waals surface area contributed by atoms with Crippen LogP contribution in [0.4, 0.5) is 0 Å².